The molecule has 0 aliphatic heterocycles. The minimum absolute atomic E-state index is 0.0731. The Balaban J connectivity index is 2.86. The molecule has 0 radical (unpaired) electrons. The SMILES string of the molecule is CCc1cccc(C#CCO)c1. The van der Waals surface area contributed by atoms with Crippen LogP contribution in [0.2, 0.25) is 0 Å². The van der Waals surface area contributed by atoms with Crippen LogP contribution in [0.3, 0.4) is 0 Å². The maximum Gasteiger partial charge on any atom is 0.104 e. The molecule has 1 N–H and O–H groups in total. The van der Waals surface area contributed by atoms with Crippen LogP contribution >= 0.6 is 0 Å². The Morgan fingerprint density at radius 3 is 2.92 bits per heavy atom. The molecule has 0 aromatic heterocycles. The topological polar surface area (TPSA) is 20.2 Å². The fraction of sp³-hybridized carbons (Fsp3) is 0.273. The second-order valence-electron chi connectivity index (χ2n) is 2.51. The molecule has 0 saturated heterocycles. The Labute approximate surface area is 73.0 Å². The summed E-state index contributed by atoms with van der Waals surface area (Å²) in [5.74, 6) is 5.49. The first-order chi connectivity index (χ1) is 5.86. The lowest BCUT2D eigenvalue weighted by atomic mass is 10.1. The van der Waals surface area contributed by atoms with Crippen molar-refractivity contribution < 1.29 is 5.11 Å². The fourth-order valence-electron chi connectivity index (χ4n) is 1.01. The minimum atomic E-state index is -0.0731. The first-order valence-electron chi connectivity index (χ1n) is 4.05. The molecular weight excluding hydrogens is 148 g/mol. The van der Waals surface area contributed by atoms with Crippen molar-refractivity contribution in [3.8, 4) is 11.8 Å². The number of aliphatic hydroxyl groups is 1. The van der Waals surface area contributed by atoms with Gasteiger partial charge in [0, 0.05) is 5.56 Å². The lowest BCUT2D eigenvalue weighted by Crippen LogP contribution is -1.81. The summed E-state index contributed by atoms with van der Waals surface area (Å²) >= 11 is 0. The third-order valence-electron chi connectivity index (χ3n) is 1.65. The van der Waals surface area contributed by atoms with Crippen molar-refractivity contribution in [1.82, 2.24) is 0 Å². The van der Waals surface area contributed by atoms with Crippen LogP contribution in [-0.4, -0.2) is 11.7 Å². The molecule has 1 heteroatoms. The molecule has 0 fully saturated rings. The van der Waals surface area contributed by atoms with Gasteiger partial charge in [0.05, 0.1) is 0 Å². The first kappa shape index (κ1) is 8.83. The van der Waals surface area contributed by atoms with Crippen LogP contribution in [0.5, 0.6) is 0 Å². The van der Waals surface area contributed by atoms with Gasteiger partial charge in [0.2, 0.25) is 0 Å². The van der Waals surface area contributed by atoms with E-state index in [9.17, 15) is 0 Å². The molecule has 0 aliphatic carbocycles. The van der Waals surface area contributed by atoms with Crippen molar-refractivity contribution in [2.75, 3.05) is 6.61 Å². The molecule has 0 aliphatic rings. The van der Waals surface area contributed by atoms with E-state index in [1.165, 1.54) is 5.56 Å². The molecule has 0 amide bonds. The molecule has 0 bridgehead atoms. The van der Waals surface area contributed by atoms with Crippen LogP contribution in [0.25, 0.3) is 0 Å². The van der Waals surface area contributed by atoms with Gasteiger partial charge in [0.15, 0.2) is 0 Å². The van der Waals surface area contributed by atoms with Gasteiger partial charge in [-0.25, -0.2) is 0 Å². The van der Waals surface area contributed by atoms with Crippen LogP contribution in [0, 0.1) is 11.8 Å². The van der Waals surface area contributed by atoms with Gasteiger partial charge in [-0.1, -0.05) is 30.9 Å². The van der Waals surface area contributed by atoms with Crippen molar-refractivity contribution in [3.63, 3.8) is 0 Å². The molecule has 0 spiro atoms. The summed E-state index contributed by atoms with van der Waals surface area (Å²) in [6.07, 6.45) is 1.02. The molecule has 62 valence electrons. The second-order valence-corrected chi connectivity index (χ2v) is 2.51. The number of aryl methyl sites for hydroxylation is 1. The summed E-state index contributed by atoms with van der Waals surface area (Å²) in [6, 6.07) is 8.05. The second kappa shape index (κ2) is 4.58. The summed E-state index contributed by atoms with van der Waals surface area (Å²) in [4.78, 5) is 0. The predicted molar refractivity (Wildman–Crippen MR) is 49.8 cm³/mol. The summed E-state index contributed by atoms with van der Waals surface area (Å²) in [7, 11) is 0. The van der Waals surface area contributed by atoms with Gasteiger partial charge in [-0.15, -0.1) is 0 Å². The van der Waals surface area contributed by atoms with Crippen molar-refractivity contribution in [1.29, 1.82) is 0 Å². The van der Waals surface area contributed by atoms with Gasteiger partial charge < -0.3 is 5.11 Å². The molecule has 1 rings (SSSR count). The normalized spacial score (nSPS) is 8.83. The molecule has 1 nitrogen and oxygen atoms in total. The average molecular weight is 160 g/mol. The van der Waals surface area contributed by atoms with Gasteiger partial charge in [-0.05, 0) is 24.1 Å². The highest BCUT2D eigenvalue weighted by Crippen LogP contribution is 2.03. The lowest BCUT2D eigenvalue weighted by molar-refractivity contribution is 0.350. The average Bonchev–Trinajstić information content (AvgIpc) is 2.15. The molecular formula is C11H12O. The van der Waals surface area contributed by atoms with E-state index in [0.717, 1.165) is 12.0 Å². The summed E-state index contributed by atoms with van der Waals surface area (Å²) in [5.41, 5.74) is 2.25. The Kier molecular flexibility index (Phi) is 3.37. The third-order valence-corrected chi connectivity index (χ3v) is 1.65. The summed E-state index contributed by atoms with van der Waals surface area (Å²) < 4.78 is 0. The number of aliphatic hydroxyl groups excluding tert-OH is 1. The highest BCUT2D eigenvalue weighted by Gasteiger charge is 1.88. The van der Waals surface area contributed by atoms with Crippen molar-refractivity contribution in [2.45, 2.75) is 13.3 Å². The minimum Gasteiger partial charge on any atom is -0.384 e. The van der Waals surface area contributed by atoms with Gasteiger partial charge in [0.1, 0.15) is 6.61 Å². The Bertz CT molecular complexity index is 304. The maximum absolute atomic E-state index is 8.48. The smallest absolute Gasteiger partial charge is 0.104 e. The zero-order valence-electron chi connectivity index (χ0n) is 7.17. The molecule has 0 atom stereocenters. The van der Waals surface area contributed by atoms with E-state index >= 15 is 0 Å². The number of benzene rings is 1. The Morgan fingerprint density at radius 2 is 2.25 bits per heavy atom. The van der Waals surface area contributed by atoms with Gasteiger partial charge >= 0.3 is 0 Å². The highest BCUT2D eigenvalue weighted by atomic mass is 16.2. The van der Waals surface area contributed by atoms with Crippen molar-refractivity contribution in [2.24, 2.45) is 0 Å². The van der Waals surface area contributed by atoms with Gasteiger partial charge in [0.25, 0.3) is 0 Å². The molecule has 1 aromatic carbocycles. The Hall–Kier alpha value is -1.26. The molecule has 0 heterocycles. The quantitative estimate of drug-likeness (QED) is 0.618. The summed E-state index contributed by atoms with van der Waals surface area (Å²) in [5, 5.41) is 8.48. The van der Waals surface area contributed by atoms with Crippen molar-refractivity contribution >= 4 is 0 Å². The van der Waals surface area contributed by atoms with E-state index in [1.807, 2.05) is 18.2 Å². The molecule has 12 heavy (non-hydrogen) atoms. The van der Waals surface area contributed by atoms with E-state index in [2.05, 4.69) is 24.8 Å². The standard InChI is InChI=1S/C11H12O/c1-2-10-5-3-6-11(9-10)7-4-8-12/h3,5-6,9,12H,2,8H2,1H3. The third kappa shape index (κ3) is 2.41. The van der Waals surface area contributed by atoms with Gasteiger partial charge in [-0.2, -0.15) is 0 Å². The van der Waals surface area contributed by atoms with Crippen LogP contribution in [0.4, 0.5) is 0 Å². The predicted octanol–water partition coefficient (Wildman–Crippen LogP) is 1.59. The van der Waals surface area contributed by atoms with E-state index in [0.29, 0.717) is 0 Å². The van der Waals surface area contributed by atoms with Crippen LogP contribution in [-0.2, 0) is 6.42 Å². The first-order valence-corrected chi connectivity index (χ1v) is 4.05. The highest BCUT2D eigenvalue weighted by molar-refractivity contribution is 5.37. The molecule has 1 aromatic rings. The van der Waals surface area contributed by atoms with E-state index in [1.54, 1.807) is 0 Å². The summed E-state index contributed by atoms with van der Waals surface area (Å²) in [6.45, 7) is 2.04. The number of rotatable bonds is 1. The number of hydrogen-bond donors (Lipinski definition) is 1. The molecule has 0 unspecified atom stereocenters. The fourth-order valence-corrected chi connectivity index (χ4v) is 1.01. The monoisotopic (exact) mass is 160 g/mol. The number of hydrogen-bond acceptors (Lipinski definition) is 1. The van der Waals surface area contributed by atoms with E-state index < -0.39 is 0 Å². The van der Waals surface area contributed by atoms with Gasteiger partial charge in [-0.3, -0.25) is 0 Å². The maximum atomic E-state index is 8.48. The molecule has 0 saturated carbocycles. The van der Waals surface area contributed by atoms with Crippen LogP contribution < -0.4 is 0 Å². The Morgan fingerprint density at radius 1 is 1.42 bits per heavy atom. The largest absolute Gasteiger partial charge is 0.384 e. The van der Waals surface area contributed by atoms with Crippen LogP contribution in [0.1, 0.15) is 18.1 Å². The zero-order chi connectivity index (χ0) is 8.81. The van der Waals surface area contributed by atoms with E-state index in [-0.39, 0.29) is 6.61 Å². The lowest BCUT2D eigenvalue weighted by Gasteiger charge is -1.95. The van der Waals surface area contributed by atoms with Crippen LogP contribution in [0.15, 0.2) is 24.3 Å². The zero-order valence-corrected chi connectivity index (χ0v) is 7.17. The van der Waals surface area contributed by atoms with E-state index in [4.69, 9.17) is 5.11 Å². The van der Waals surface area contributed by atoms with Crippen molar-refractivity contribution in [3.05, 3.63) is 35.4 Å².